The van der Waals surface area contributed by atoms with Crippen LogP contribution in [0.3, 0.4) is 0 Å². The fourth-order valence-corrected chi connectivity index (χ4v) is 1.16. The van der Waals surface area contributed by atoms with Crippen molar-refractivity contribution in [2.45, 2.75) is 18.4 Å². The van der Waals surface area contributed by atoms with E-state index in [1.54, 1.807) is 0 Å². The molecule has 0 saturated carbocycles. The number of rotatable bonds is 2. The fraction of sp³-hybridized carbons (Fsp3) is 0.222. The molecular formula is C9H13N3S. The Bertz CT molecular complexity index is 323. The molecule has 13 heavy (non-hydrogen) atoms. The minimum absolute atomic E-state index is 0.00685. The highest BCUT2D eigenvalue weighted by atomic mass is 32.1. The van der Waals surface area contributed by atoms with Gasteiger partial charge in [-0.1, -0.05) is 12.1 Å². The number of guanidine groups is 1. The average molecular weight is 195 g/mol. The summed E-state index contributed by atoms with van der Waals surface area (Å²) in [6, 6.07) is 5.93. The predicted molar refractivity (Wildman–Crippen MR) is 57.2 cm³/mol. The van der Waals surface area contributed by atoms with Crippen LogP contribution in [0.25, 0.3) is 0 Å². The normalized spacial score (nSPS) is 9.69. The van der Waals surface area contributed by atoms with Crippen molar-refractivity contribution in [3.05, 3.63) is 29.3 Å². The van der Waals surface area contributed by atoms with Gasteiger partial charge in [-0.3, -0.25) is 5.41 Å². The molecule has 0 radical (unpaired) electrons. The molecule has 0 amide bonds. The van der Waals surface area contributed by atoms with Crippen LogP contribution >= 0.6 is 12.6 Å². The zero-order valence-corrected chi connectivity index (χ0v) is 8.36. The third-order valence-electron chi connectivity index (χ3n) is 1.74. The van der Waals surface area contributed by atoms with Crippen molar-refractivity contribution in [1.82, 2.24) is 5.32 Å². The molecule has 1 aromatic carbocycles. The molecule has 3 nitrogen and oxygen atoms in total. The van der Waals surface area contributed by atoms with Gasteiger partial charge in [0.1, 0.15) is 0 Å². The second-order valence-electron chi connectivity index (χ2n) is 2.89. The SMILES string of the molecule is Cc1cc(CNC(=N)N)ccc1S. The molecule has 0 bridgehead atoms. The Morgan fingerprint density at radius 2 is 2.31 bits per heavy atom. The van der Waals surface area contributed by atoms with Crippen LogP contribution in [0.1, 0.15) is 11.1 Å². The molecule has 0 fully saturated rings. The minimum Gasteiger partial charge on any atom is -0.370 e. The zero-order chi connectivity index (χ0) is 9.84. The Hall–Kier alpha value is -1.16. The number of aryl methyl sites for hydroxylation is 1. The van der Waals surface area contributed by atoms with Crippen LogP contribution in [0.15, 0.2) is 23.1 Å². The van der Waals surface area contributed by atoms with Gasteiger partial charge in [-0.15, -0.1) is 12.6 Å². The number of nitrogens with two attached hydrogens (primary N) is 1. The molecule has 0 aromatic heterocycles. The molecule has 1 rings (SSSR count). The van der Waals surface area contributed by atoms with Crippen molar-refractivity contribution in [2.75, 3.05) is 0 Å². The van der Waals surface area contributed by atoms with Crippen molar-refractivity contribution in [3.8, 4) is 0 Å². The largest absolute Gasteiger partial charge is 0.370 e. The predicted octanol–water partition coefficient (Wildman–Crippen LogP) is 1.27. The maximum absolute atomic E-state index is 6.99. The summed E-state index contributed by atoms with van der Waals surface area (Å²) in [6.45, 7) is 2.59. The van der Waals surface area contributed by atoms with Crippen LogP contribution < -0.4 is 11.1 Å². The Kier molecular flexibility index (Phi) is 3.19. The van der Waals surface area contributed by atoms with Gasteiger partial charge in [0.2, 0.25) is 0 Å². The summed E-state index contributed by atoms with van der Waals surface area (Å²) in [4.78, 5) is 0.978. The molecule has 0 aliphatic rings. The monoisotopic (exact) mass is 195 g/mol. The third kappa shape index (κ3) is 2.99. The quantitative estimate of drug-likeness (QED) is 0.326. The summed E-state index contributed by atoms with van der Waals surface area (Å²) in [5.41, 5.74) is 7.40. The van der Waals surface area contributed by atoms with Crippen molar-refractivity contribution in [2.24, 2.45) is 5.73 Å². The van der Waals surface area contributed by atoms with Gasteiger partial charge in [0.25, 0.3) is 0 Å². The first-order valence-corrected chi connectivity index (χ1v) is 4.40. The maximum Gasteiger partial charge on any atom is 0.185 e. The lowest BCUT2D eigenvalue weighted by atomic mass is 10.1. The third-order valence-corrected chi connectivity index (χ3v) is 2.25. The smallest absolute Gasteiger partial charge is 0.185 e. The molecule has 0 aliphatic heterocycles. The van der Waals surface area contributed by atoms with Crippen LogP contribution in [0, 0.1) is 12.3 Å². The second kappa shape index (κ2) is 4.18. The van der Waals surface area contributed by atoms with E-state index in [9.17, 15) is 0 Å². The zero-order valence-electron chi connectivity index (χ0n) is 7.46. The first-order chi connectivity index (χ1) is 6.09. The van der Waals surface area contributed by atoms with Crippen molar-refractivity contribution >= 4 is 18.6 Å². The van der Waals surface area contributed by atoms with Gasteiger partial charge in [-0.2, -0.15) is 0 Å². The Balaban J connectivity index is 2.68. The lowest BCUT2D eigenvalue weighted by Crippen LogP contribution is -2.29. The standard InChI is InChI=1S/C9H13N3S/c1-6-4-7(2-3-8(6)13)5-12-9(10)11/h2-4,13H,5H2,1H3,(H4,10,11,12). The number of nitrogens with one attached hydrogen (secondary N) is 2. The summed E-state index contributed by atoms with van der Waals surface area (Å²) in [5.74, 6) is -0.00685. The van der Waals surface area contributed by atoms with Crippen LogP contribution in [-0.2, 0) is 6.54 Å². The molecule has 70 valence electrons. The van der Waals surface area contributed by atoms with E-state index in [0.29, 0.717) is 6.54 Å². The summed E-state index contributed by atoms with van der Waals surface area (Å²) < 4.78 is 0. The average Bonchev–Trinajstić information content (AvgIpc) is 2.07. The highest BCUT2D eigenvalue weighted by Gasteiger charge is 1.96. The van der Waals surface area contributed by atoms with Crippen LogP contribution in [-0.4, -0.2) is 5.96 Å². The molecule has 4 N–H and O–H groups in total. The van der Waals surface area contributed by atoms with Crippen molar-refractivity contribution in [1.29, 1.82) is 5.41 Å². The van der Waals surface area contributed by atoms with E-state index in [2.05, 4.69) is 17.9 Å². The van der Waals surface area contributed by atoms with Gasteiger partial charge in [-0.05, 0) is 24.1 Å². The number of thiol groups is 1. The van der Waals surface area contributed by atoms with E-state index in [0.717, 1.165) is 16.0 Å². The van der Waals surface area contributed by atoms with E-state index in [1.807, 2.05) is 25.1 Å². The molecule has 0 atom stereocenters. The molecule has 0 unspecified atom stereocenters. The fourth-order valence-electron chi connectivity index (χ4n) is 1.02. The van der Waals surface area contributed by atoms with E-state index in [1.165, 1.54) is 0 Å². The first kappa shape index (κ1) is 9.92. The van der Waals surface area contributed by atoms with E-state index in [4.69, 9.17) is 11.1 Å². The van der Waals surface area contributed by atoms with Gasteiger partial charge in [0.15, 0.2) is 5.96 Å². The molecule has 0 spiro atoms. The van der Waals surface area contributed by atoms with Crippen molar-refractivity contribution < 1.29 is 0 Å². The summed E-state index contributed by atoms with van der Waals surface area (Å²) in [7, 11) is 0. The Labute approximate surface area is 83.3 Å². The Morgan fingerprint density at radius 3 is 2.85 bits per heavy atom. The lowest BCUT2D eigenvalue weighted by Gasteiger charge is -2.05. The van der Waals surface area contributed by atoms with E-state index < -0.39 is 0 Å². The highest BCUT2D eigenvalue weighted by Crippen LogP contribution is 2.14. The highest BCUT2D eigenvalue weighted by molar-refractivity contribution is 7.80. The second-order valence-corrected chi connectivity index (χ2v) is 3.37. The minimum atomic E-state index is -0.00685. The lowest BCUT2D eigenvalue weighted by molar-refractivity contribution is 0.893. The number of benzene rings is 1. The van der Waals surface area contributed by atoms with Crippen molar-refractivity contribution in [3.63, 3.8) is 0 Å². The van der Waals surface area contributed by atoms with E-state index in [-0.39, 0.29) is 5.96 Å². The summed E-state index contributed by atoms with van der Waals surface area (Å²) >= 11 is 4.27. The Morgan fingerprint density at radius 1 is 1.62 bits per heavy atom. The van der Waals surface area contributed by atoms with Gasteiger partial charge in [0, 0.05) is 11.4 Å². The topological polar surface area (TPSA) is 61.9 Å². The molecule has 0 saturated heterocycles. The number of hydrogen-bond donors (Lipinski definition) is 4. The molecular weight excluding hydrogens is 182 g/mol. The number of hydrogen-bond acceptors (Lipinski definition) is 2. The van der Waals surface area contributed by atoms with Crippen LogP contribution in [0.5, 0.6) is 0 Å². The summed E-state index contributed by atoms with van der Waals surface area (Å²) in [6.07, 6.45) is 0. The van der Waals surface area contributed by atoms with Gasteiger partial charge < -0.3 is 11.1 Å². The van der Waals surface area contributed by atoms with Crippen LogP contribution in [0.4, 0.5) is 0 Å². The summed E-state index contributed by atoms with van der Waals surface area (Å²) in [5, 5.41) is 9.74. The molecule has 1 aromatic rings. The van der Waals surface area contributed by atoms with E-state index >= 15 is 0 Å². The van der Waals surface area contributed by atoms with Gasteiger partial charge >= 0.3 is 0 Å². The maximum atomic E-state index is 6.99. The molecule has 0 aliphatic carbocycles. The van der Waals surface area contributed by atoms with Gasteiger partial charge in [-0.25, -0.2) is 0 Å². The first-order valence-electron chi connectivity index (χ1n) is 3.96. The molecule has 0 heterocycles. The van der Waals surface area contributed by atoms with Gasteiger partial charge in [0.05, 0.1) is 0 Å². The van der Waals surface area contributed by atoms with Crippen LogP contribution in [0.2, 0.25) is 0 Å². The molecule has 4 heteroatoms.